The van der Waals surface area contributed by atoms with Gasteiger partial charge < -0.3 is 5.32 Å². The lowest BCUT2D eigenvalue weighted by molar-refractivity contribution is 0.102. The molecule has 0 atom stereocenters. The maximum Gasteiger partial charge on any atom is 0.255 e. The lowest BCUT2D eigenvalue weighted by Gasteiger charge is -2.12. The average molecular weight is 332 g/mol. The molecule has 0 fully saturated rings. The zero-order valence-electron chi connectivity index (χ0n) is 12.0. The minimum Gasteiger partial charge on any atom is -0.321 e. The molecular formula is C17H18BrNO. The third kappa shape index (κ3) is 3.28. The number of carbonyl (C=O) groups is 1. The Morgan fingerprint density at radius 2 is 1.80 bits per heavy atom. The van der Waals surface area contributed by atoms with E-state index in [9.17, 15) is 4.79 Å². The van der Waals surface area contributed by atoms with E-state index in [-0.39, 0.29) is 5.91 Å². The molecule has 0 aliphatic rings. The van der Waals surface area contributed by atoms with E-state index < -0.39 is 0 Å². The van der Waals surface area contributed by atoms with Gasteiger partial charge in [-0.3, -0.25) is 4.79 Å². The first-order valence-corrected chi connectivity index (χ1v) is 7.47. The van der Waals surface area contributed by atoms with Crippen molar-refractivity contribution in [2.24, 2.45) is 0 Å². The Balaban J connectivity index is 2.23. The quantitative estimate of drug-likeness (QED) is 0.853. The Morgan fingerprint density at radius 3 is 2.35 bits per heavy atom. The van der Waals surface area contributed by atoms with Crippen molar-refractivity contribution >= 4 is 27.5 Å². The van der Waals surface area contributed by atoms with Crippen molar-refractivity contribution in [2.75, 3.05) is 5.32 Å². The number of hydrogen-bond acceptors (Lipinski definition) is 1. The summed E-state index contributed by atoms with van der Waals surface area (Å²) in [5, 5.41) is 2.97. The second-order valence-corrected chi connectivity index (χ2v) is 5.80. The molecule has 2 aromatic rings. The van der Waals surface area contributed by atoms with Gasteiger partial charge in [-0.2, -0.15) is 0 Å². The van der Waals surface area contributed by atoms with Crippen molar-refractivity contribution in [2.45, 2.75) is 27.2 Å². The summed E-state index contributed by atoms with van der Waals surface area (Å²) in [6, 6.07) is 11.8. The van der Waals surface area contributed by atoms with Crippen LogP contribution in [-0.2, 0) is 6.42 Å². The lowest BCUT2D eigenvalue weighted by Crippen LogP contribution is -2.13. The fraction of sp³-hybridized carbons (Fsp3) is 0.235. The highest BCUT2D eigenvalue weighted by Crippen LogP contribution is 2.28. The molecule has 0 bridgehead atoms. The van der Waals surface area contributed by atoms with Crippen LogP contribution in [0.15, 0.2) is 40.9 Å². The first-order valence-electron chi connectivity index (χ1n) is 6.68. The largest absolute Gasteiger partial charge is 0.321 e. The summed E-state index contributed by atoms with van der Waals surface area (Å²) in [5.74, 6) is -0.0830. The van der Waals surface area contributed by atoms with Crippen LogP contribution in [0.3, 0.4) is 0 Å². The van der Waals surface area contributed by atoms with E-state index in [0.717, 1.165) is 22.1 Å². The number of carbonyl (C=O) groups excluding carboxylic acids is 1. The SMILES string of the molecule is CCc1ccc(C(=O)Nc2c(C)cc(C)cc2Br)cc1. The molecule has 2 aromatic carbocycles. The molecule has 0 saturated heterocycles. The van der Waals surface area contributed by atoms with Gasteiger partial charge in [-0.15, -0.1) is 0 Å². The number of anilines is 1. The van der Waals surface area contributed by atoms with Gasteiger partial charge in [0.1, 0.15) is 0 Å². The van der Waals surface area contributed by atoms with E-state index in [1.807, 2.05) is 44.2 Å². The number of aryl methyl sites for hydroxylation is 3. The van der Waals surface area contributed by atoms with Gasteiger partial charge in [0, 0.05) is 10.0 Å². The standard InChI is InChI=1S/C17H18BrNO/c1-4-13-5-7-14(8-6-13)17(20)19-16-12(3)9-11(2)10-15(16)18/h5-10H,4H2,1-3H3,(H,19,20). The smallest absolute Gasteiger partial charge is 0.255 e. The highest BCUT2D eigenvalue weighted by molar-refractivity contribution is 9.10. The summed E-state index contributed by atoms with van der Waals surface area (Å²) in [5.41, 5.74) is 4.96. The summed E-state index contributed by atoms with van der Waals surface area (Å²) in [4.78, 5) is 12.3. The Kier molecular flexibility index (Phi) is 4.61. The molecule has 2 rings (SSSR count). The van der Waals surface area contributed by atoms with Crippen molar-refractivity contribution in [1.29, 1.82) is 0 Å². The fourth-order valence-electron chi connectivity index (χ4n) is 2.15. The molecule has 0 aliphatic heterocycles. The van der Waals surface area contributed by atoms with Crippen molar-refractivity contribution < 1.29 is 4.79 Å². The number of halogens is 1. The molecule has 0 radical (unpaired) electrons. The van der Waals surface area contributed by atoms with E-state index in [2.05, 4.69) is 34.2 Å². The Bertz CT molecular complexity index is 609. The predicted octanol–water partition coefficient (Wildman–Crippen LogP) is 4.88. The van der Waals surface area contributed by atoms with Crippen LogP contribution in [0.1, 0.15) is 34.0 Å². The van der Waals surface area contributed by atoms with E-state index in [1.54, 1.807) is 0 Å². The van der Waals surface area contributed by atoms with Gasteiger partial charge in [-0.1, -0.05) is 25.1 Å². The van der Waals surface area contributed by atoms with Crippen LogP contribution in [0, 0.1) is 13.8 Å². The number of amides is 1. The third-order valence-electron chi connectivity index (χ3n) is 3.29. The molecule has 104 valence electrons. The van der Waals surface area contributed by atoms with E-state index in [4.69, 9.17) is 0 Å². The monoisotopic (exact) mass is 331 g/mol. The normalized spacial score (nSPS) is 10.4. The predicted molar refractivity (Wildman–Crippen MR) is 87.4 cm³/mol. The zero-order valence-corrected chi connectivity index (χ0v) is 13.5. The molecule has 0 unspecified atom stereocenters. The average Bonchev–Trinajstić information content (AvgIpc) is 2.42. The highest BCUT2D eigenvalue weighted by Gasteiger charge is 2.10. The maximum absolute atomic E-state index is 12.3. The van der Waals surface area contributed by atoms with Gasteiger partial charge in [0.15, 0.2) is 0 Å². The van der Waals surface area contributed by atoms with Crippen LogP contribution in [0.25, 0.3) is 0 Å². The van der Waals surface area contributed by atoms with Crippen LogP contribution in [0.5, 0.6) is 0 Å². The van der Waals surface area contributed by atoms with Gasteiger partial charge in [0.2, 0.25) is 0 Å². The van der Waals surface area contributed by atoms with Crippen LogP contribution >= 0.6 is 15.9 Å². The molecule has 0 saturated carbocycles. The summed E-state index contributed by atoms with van der Waals surface area (Å²) in [6.45, 7) is 6.13. The van der Waals surface area contributed by atoms with Gasteiger partial charge in [0.25, 0.3) is 5.91 Å². The van der Waals surface area contributed by atoms with Crippen molar-refractivity contribution in [1.82, 2.24) is 0 Å². The molecule has 20 heavy (non-hydrogen) atoms. The van der Waals surface area contributed by atoms with Crippen LogP contribution in [0.2, 0.25) is 0 Å². The molecule has 3 heteroatoms. The Labute approximate surface area is 128 Å². The Hall–Kier alpha value is -1.61. The molecule has 2 nitrogen and oxygen atoms in total. The van der Waals surface area contributed by atoms with Crippen LogP contribution in [-0.4, -0.2) is 5.91 Å². The molecule has 0 heterocycles. The number of nitrogens with one attached hydrogen (secondary N) is 1. The lowest BCUT2D eigenvalue weighted by atomic mass is 10.1. The van der Waals surface area contributed by atoms with Gasteiger partial charge >= 0.3 is 0 Å². The Morgan fingerprint density at radius 1 is 1.15 bits per heavy atom. The zero-order chi connectivity index (χ0) is 14.7. The van der Waals surface area contributed by atoms with Crippen molar-refractivity contribution in [3.05, 3.63) is 63.1 Å². The van der Waals surface area contributed by atoms with Gasteiger partial charge in [-0.25, -0.2) is 0 Å². The fourth-order valence-corrected chi connectivity index (χ4v) is 2.92. The van der Waals surface area contributed by atoms with E-state index >= 15 is 0 Å². The summed E-state index contributed by atoms with van der Waals surface area (Å²) < 4.78 is 0.911. The van der Waals surface area contributed by atoms with Crippen molar-refractivity contribution in [3.63, 3.8) is 0 Å². The molecule has 1 amide bonds. The minimum absolute atomic E-state index is 0.0830. The summed E-state index contributed by atoms with van der Waals surface area (Å²) in [7, 11) is 0. The second-order valence-electron chi connectivity index (χ2n) is 4.94. The van der Waals surface area contributed by atoms with Crippen LogP contribution in [0.4, 0.5) is 5.69 Å². The van der Waals surface area contributed by atoms with Gasteiger partial charge in [0.05, 0.1) is 5.69 Å². The summed E-state index contributed by atoms with van der Waals surface area (Å²) in [6.07, 6.45) is 0.977. The van der Waals surface area contributed by atoms with Crippen molar-refractivity contribution in [3.8, 4) is 0 Å². The first-order chi connectivity index (χ1) is 9.51. The first kappa shape index (κ1) is 14.8. The summed E-state index contributed by atoms with van der Waals surface area (Å²) >= 11 is 3.51. The van der Waals surface area contributed by atoms with E-state index in [0.29, 0.717) is 5.56 Å². The van der Waals surface area contributed by atoms with Gasteiger partial charge in [-0.05, 0) is 71.1 Å². The highest BCUT2D eigenvalue weighted by atomic mass is 79.9. The molecule has 0 aromatic heterocycles. The topological polar surface area (TPSA) is 29.1 Å². The number of benzene rings is 2. The van der Waals surface area contributed by atoms with E-state index in [1.165, 1.54) is 11.1 Å². The third-order valence-corrected chi connectivity index (χ3v) is 3.92. The molecular weight excluding hydrogens is 314 g/mol. The molecule has 0 aliphatic carbocycles. The number of hydrogen-bond donors (Lipinski definition) is 1. The molecule has 1 N–H and O–H groups in total. The molecule has 0 spiro atoms. The van der Waals surface area contributed by atoms with Crippen LogP contribution < -0.4 is 5.32 Å². The maximum atomic E-state index is 12.3. The number of rotatable bonds is 3. The minimum atomic E-state index is -0.0830. The second kappa shape index (κ2) is 6.23.